The van der Waals surface area contributed by atoms with E-state index in [-0.39, 0.29) is 24.5 Å². The van der Waals surface area contributed by atoms with Crippen LogP contribution in [0.25, 0.3) is 0 Å². The molecule has 0 radical (unpaired) electrons. The summed E-state index contributed by atoms with van der Waals surface area (Å²) in [7, 11) is 0. The molecule has 1 aromatic rings. The molecule has 0 bridgehead atoms. The summed E-state index contributed by atoms with van der Waals surface area (Å²) in [5, 5.41) is 13.8. The minimum Gasteiger partial charge on any atom is -0.379 e. The normalized spacial score (nSPS) is 22.5. The van der Waals surface area contributed by atoms with Gasteiger partial charge < -0.3 is 15.3 Å². The van der Waals surface area contributed by atoms with Gasteiger partial charge in [-0.05, 0) is 51.3 Å². The molecule has 1 atom stereocenters. The molecule has 1 unspecified atom stereocenters. The van der Waals surface area contributed by atoms with Crippen LogP contribution >= 0.6 is 0 Å². The Morgan fingerprint density at radius 3 is 2.61 bits per heavy atom. The average molecular weight is 326 g/mol. The molecule has 0 saturated carbocycles. The molecule has 0 aromatic heterocycles. The van der Waals surface area contributed by atoms with Crippen molar-refractivity contribution in [3.05, 3.63) is 35.4 Å². The lowest BCUT2D eigenvalue weighted by atomic mass is 9.90. The number of halogens is 2. The monoisotopic (exact) mass is 326 g/mol. The average Bonchev–Trinajstić information content (AvgIpc) is 2.45. The quantitative estimate of drug-likeness (QED) is 0.892. The van der Waals surface area contributed by atoms with Crippen molar-refractivity contribution in [1.82, 2.24) is 10.2 Å². The third-order valence-corrected chi connectivity index (χ3v) is 3.97. The highest BCUT2D eigenvalue weighted by molar-refractivity contribution is 5.86. The lowest BCUT2D eigenvalue weighted by Gasteiger charge is -2.39. The third-order valence-electron chi connectivity index (χ3n) is 3.97. The number of hydrogen-bond acceptors (Lipinski definition) is 3. The van der Waals surface area contributed by atoms with Crippen molar-refractivity contribution >= 4 is 5.91 Å². The lowest BCUT2D eigenvalue weighted by Crippen LogP contribution is -2.59. The Bertz CT molecular complexity index is 586. The smallest absolute Gasteiger partial charge is 0.256 e. The van der Waals surface area contributed by atoms with Gasteiger partial charge in [0.25, 0.3) is 5.91 Å². The molecule has 2 N–H and O–H groups in total. The molecule has 0 spiro atoms. The number of nitrogens with zero attached hydrogens (tertiary/aromatic N) is 1. The second kappa shape index (κ2) is 6.53. The summed E-state index contributed by atoms with van der Waals surface area (Å²) >= 11 is 0. The zero-order valence-corrected chi connectivity index (χ0v) is 13.8. The standard InChI is InChI=1S/C17H24F2N2O2/c1-16(2,3)20-11-17(23)7-4-8-21(15(17)22)10-12-5-6-13(18)14(19)9-12/h5-6,9,20,23H,4,7-8,10-11H2,1-3H3. The molecular weight excluding hydrogens is 302 g/mol. The van der Waals surface area contributed by atoms with Crippen LogP contribution in [0.5, 0.6) is 0 Å². The minimum atomic E-state index is -1.45. The molecule has 1 saturated heterocycles. The molecule has 1 fully saturated rings. The van der Waals surface area contributed by atoms with Crippen molar-refractivity contribution < 1.29 is 18.7 Å². The highest BCUT2D eigenvalue weighted by Gasteiger charge is 2.42. The molecule has 6 heteroatoms. The minimum absolute atomic E-state index is 0.161. The highest BCUT2D eigenvalue weighted by atomic mass is 19.2. The van der Waals surface area contributed by atoms with Crippen molar-refractivity contribution in [1.29, 1.82) is 0 Å². The van der Waals surface area contributed by atoms with Gasteiger partial charge in [-0.3, -0.25) is 4.79 Å². The van der Waals surface area contributed by atoms with Gasteiger partial charge in [0.15, 0.2) is 17.2 Å². The third kappa shape index (κ3) is 4.48. The van der Waals surface area contributed by atoms with Crippen molar-refractivity contribution in [2.24, 2.45) is 0 Å². The molecule has 1 aliphatic heterocycles. The summed E-state index contributed by atoms with van der Waals surface area (Å²) in [6.07, 6.45) is 1.06. The Kier molecular flexibility index (Phi) is 5.06. The van der Waals surface area contributed by atoms with E-state index in [0.29, 0.717) is 24.9 Å². The fourth-order valence-electron chi connectivity index (χ4n) is 2.65. The first kappa shape index (κ1) is 17.8. The maximum Gasteiger partial charge on any atom is 0.256 e. The van der Waals surface area contributed by atoms with Crippen molar-refractivity contribution in [2.75, 3.05) is 13.1 Å². The van der Waals surface area contributed by atoms with Crippen LogP contribution in [0.3, 0.4) is 0 Å². The van der Waals surface area contributed by atoms with E-state index < -0.39 is 17.2 Å². The number of carbonyl (C=O) groups is 1. The fraction of sp³-hybridized carbons (Fsp3) is 0.588. The Morgan fingerprint density at radius 1 is 1.30 bits per heavy atom. The molecular formula is C17H24F2N2O2. The fourth-order valence-corrected chi connectivity index (χ4v) is 2.65. The Labute approximate surface area is 135 Å². The summed E-state index contributed by atoms with van der Waals surface area (Å²) in [4.78, 5) is 14.1. The van der Waals surface area contributed by atoms with Gasteiger partial charge in [0.2, 0.25) is 0 Å². The number of likely N-dealkylation sites (tertiary alicyclic amines) is 1. The first-order chi connectivity index (χ1) is 10.6. The summed E-state index contributed by atoms with van der Waals surface area (Å²) in [6, 6.07) is 3.59. The van der Waals surface area contributed by atoms with Crippen LogP contribution in [0.15, 0.2) is 18.2 Å². The van der Waals surface area contributed by atoms with E-state index in [0.717, 1.165) is 12.1 Å². The molecule has 1 heterocycles. The summed E-state index contributed by atoms with van der Waals surface area (Å²) < 4.78 is 26.3. The molecule has 1 amide bonds. The SMILES string of the molecule is CC(C)(C)NCC1(O)CCCN(Cc2ccc(F)c(F)c2)C1=O. The summed E-state index contributed by atoms with van der Waals surface area (Å²) in [5.74, 6) is -2.22. The van der Waals surface area contributed by atoms with Crippen LogP contribution < -0.4 is 5.32 Å². The van der Waals surface area contributed by atoms with E-state index in [1.54, 1.807) is 0 Å². The van der Waals surface area contributed by atoms with E-state index in [2.05, 4.69) is 5.32 Å². The molecule has 23 heavy (non-hydrogen) atoms. The first-order valence-electron chi connectivity index (χ1n) is 7.81. The number of carbonyl (C=O) groups excluding carboxylic acids is 1. The summed E-state index contributed by atoms with van der Waals surface area (Å²) in [5.41, 5.74) is -1.16. The van der Waals surface area contributed by atoms with E-state index >= 15 is 0 Å². The molecule has 1 aromatic carbocycles. The van der Waals surface area contributed by atoms with Crippen molar-refractivity contribution in [3.63, 3.8) is 0 Å². The molecule has 2 rings (SSSR count). The van der Waals surface area contributed by atoms with Gasteiger partial charge in [0.1, 0.15) is 0 Å². The number of β-amino-alcohol motifs (C(OH)–C–C–N with tert-alkyl or cyclic N) is 1. The summed E-state index contributed by atoms with van der Waals surface area (Å²) in [6.45, 7) is 6.71. The maximum absolute atomic E-state index is 13.3. The van der Waals surface area contributed by atoms with Crippen LogP contribution in [0.2, 0.25) is 0 Å². The lowest BCUT2D eigenvalue weighted by molar-refractivity contribution is -0.157. The Morgan fingerprint density at radius 2 is 2.00 bits per heavy atom. The van der Waals surface area contributed by atoms with E-state index in [1.807, 2.05) is 20.8 Å². The number of amides is 1. The molecule has 0 aliphatic carbocycles. The Balaban J connectivity index is 2.08. The van der Waals surface area contributed by atoms with Crippen LogP contribution in [0.4, 0.5) is 8.78 Å². The van der Waals surface area contributed by atoms with Crippen LogP contribution in [0, 0.1) is 11.6 Å². The van der Waals surface area contributed by atoms with Gasteiger partial charge in [-0.25, -0.2) is 8.78 Å². The molecule has 1 aliphatic rings. The van der Waals surface area contributed by atoms with Gasteiger partial charge in [-0.2, -0.15) is 0 Å². The van der Waals surface area contributed by atoms with Crippen LogP contribution in [-0.4, -0.2) is 40.1 Å². The number of piperidine rings is 1. The topological polar surface area (TPSA) is 52.6 Å². The van der Waals surface area contributed by atoms with Gasteiger partial charge in [0, 0.05) is 25.2 Å². The van der Waals surface area contributed by atoms with Crippen molar-refractivity contribution in [3.8, 4) is 0 Å². The first-order valence-corrected chi connectivity index (χ1v) is 7.81. The second-order valence-electron chi connectivity index (χ2n) is 7.21. The second-order valence-corrected chi connectivity index (χ2v) is 7.21. The van der Waals surface area contributed by atoms with Crippen LogP contribution in [0.1, 0.15) is 39.2 Å². The number of hydrogen-bond donors (Lipinski definition) is 2. The van der Waals surface area contributed by atoms with Gasteiger partial charge in [-0.15, -0.1) is 0 Å². The molecule has 4 nitrogen and oxygen atoms in total. The number of nitrogens with one attached hydrogen (secondary N) is 1. The maximum atomic E-state index is 13.3. The van der Waals surface area contributed by atoms with Gasteiger partial charge in [-0.1, -0.05) is 6.07 Å². The predicted octanol–water partition coefficient (Wildman–Crippen LogP) is 2.21. The molecule has 128 valence electrons. The predicted molar refractivity (Wildman–Crippen MR) is 83.7 cm³/mol. The Hall–Kier alpha value is -1.53. The number of rotatable bonds is 4. The highest BCUT2D eigenvalue weighted by Crippen LogP contribution is 2.24. The van der Waals surface area contributed by atoms with Gasteiger partial charge >= 0.3 is 0 Å². The van der Waals surface area contributed by atoms with E-state index in [9.17, 15) is 18.7 Å². The largest absolute Gasteiger partial charge is 0.379 e. The van der Waals surface area contributed by atoms with Crippen LogP contribution in [-0.2, 0) is 11.3 Å². The van der Waals surface area contributed by atoms with E-state index in [1.165, 1.54) is 11.0 Å². The van der Waals surface area contributed by atoms with Gasteiger partial charge in [0.05, 0.1) is 0 Å². The zero-order valence-electron chi connectivity index (χ0n) is 13.8. The van der Waals surface area contributed by atoms with Crippen molar-refractivity contribution in [2.45, 2.75) is 51.3 Å². The number of aliphatic hydroxyl groups is 1. The van der Waals surface area contributed by atoms with E-state index in [4.69, 9.17) is 0 Å². The number of benzene rings is 1. The zero-order chi connectivity index (χ0) is 17.3.